The summed E-state index contributed by atoms with van der Waals surface area (Å²) in [5.74, 6) is 0.983. The molecule has 1 aliphatic heterocycles. The Hall–Kier alpha value is 0.137. The Kier molecular flexibility index (Phi) is 8.63. The van der Waals surface area contributed by atoms with Crippen LogP contribution < -0.4 is 0 Å². The van der Waals surface area contributed by atoms with Gasteiger partial charge in [-0.05, 0) is 51.2 Å². The number of ether oxygens (including phenoxy) is 1. The molecule has 0 amide bonds. The first kappa shape index (κ1) is 19.5. The first-order valence-electron chi connectivity index (χ1n) is 10.4. The molecular formula is C20H40O2Si. The van der Waals surface area contributed by atoms with Gasteiger partial charge < -0.3 is 9.16 Å². The lowest BCUT2D eigenvalue weighted by atomic mass is 9.85. The fraction of sp³-hybridized carbons (Fsp3) is 1.00. The van der Waals surface area contributed by atoms with E-state index in [1.54, 1.807) is 0 Å². The van der Waals surface area contributed by atoms with Crippen molar-refractivity contribution in [2.75, 3.05) is 6.61 Å². The van der Waals surface area contributed by atoms with Gasteiger partial charge in [-0.15, -0.1) is 0 Å². The van der Waals surface area contributed by atoms with E-state index in [4.69, 9.17) is 9.16 Å². The van der Waals surface area contributed by atoms with Crippen LogP contribution in [0.1, 0.15) is 84.0 Å². The molecule has 0 aromatic carbocycles. The van der Waals surface area contributed by atoms with Crippen molar-refractivity contribution in [2.24, 2.45) is 5.92 Å². The third-order valence-electron chi connectivity index (χ3n) is 5.79. The van der Waals surface area contributed by atoms with Gasteiger partial charge in [0, 0.05) is 6.61 Å². The van der Waals surface area contributed by atoms with E-state index in [1.165, 1.54) is 83.1 Å². The summed E-state index contributed by atoms with van der Waals surface area (Å²) in [4.78, 5) is 0. The quantitative estimate of drug-likeness (QED) is 0.223. The van der Waals surface area contributed by atoms with E-state index in [1.807, 2.05) is 0 Å². The van der Waals surface area contributed by atoms with E-state index in [9.17, 15) is 0 Å². The number of fused-ring (bicyclic) bond motifs is 1. The van der Waals surface area contributed by atoms with Crippen LogP contribution in [0.25, 0.3) is 0 Å². The van der Waals surface area contributed by atoms with Gasteiger partial charge in [-0.3, -0.25) is 0 Å². The fourth-order valence-corrected chi connectivity index (χ4v) is 6.28. The Morgan fingerprint density at radius 2 is 1.52 bits per heavy atom. The molecule has 2 fully saturated rings. The second-order valence-corrected chi connectivity index (χ2v) is 12.8. The molecule has 1 saturated heterocycles. The van der Waals surface area contributed by atoms with Crippen LogP contribution in [0, 0.1) is 5.92 Å². The minimum atomic E-state index is -1.32. The van der Waals surface area contributed by atoms with Crippen molar-refractivity contribution in [3.8, 4) is 0 Å². The van der Waals surface area contributed by atoms with Gasteiger partial charge in [0.05, 0.1) is 12.2 Å². The predicted octanol–water partition coefficient (Wildman–Crippen LogP) is 6.31. The molecule has 0 aromatic rings. The summed E-state index contributed by atoms with van der Waals surface area (Å²) in [6, 6.07) is 1.34. The molecule has 2 aliphatic rings. The second-order valence-electron chi connectivity index (χ2n) is 8.45. The highest BCUT2D eigenvalue weighted by atomic mass is 28.4. The van der Waals surface area contributed by atoms with E-state index in [0.29, 0.717) is 12.2 Å². The lowest BCUT2D eigenvalue weighted by molar-refractivity contribution is 0.327. The monoisotopic (exact) mass is 340 g/mol. The lowest BCUT2D eigenvalue weighted by Crippen LogP contribution is -2.29. The van der Waals surface area contributed by atoms with Crippen molar-refractivity contribution in [3.05, 3.63) is 0 Å². The average molecular weight is 341 g/mol. The van der Waals surface area contributed by atoms with Crippen LogP contribution in [0.3, 0.4) is 0 Å². The summed E-state index contributed by atoms with van der Waals surface area (Å²) < 4.78 is 11.5. The summed E-state index contributed by atoms with van der Waals surface area (Å²) in [5.41, 5.74) is 0. The standard InChI is InChI=1S/C20H40O2Si/c1-4-21-23(2,3)16-12-10-8-6-5-7-9-11-13-18-14-15-19-20(17-18)22-19/h18-20H,4-17H2,1-3H3. The minimum Gasteiger partial charge on any atom is -0.418 e. The van der Waals surface area contributed by atoms with E-state index >= 15 is 0 Å². The van der Waals surface area contributed by atoms with Gasteiger partial charge in [-0.1, -0.05) is 57.8 Å². The normalized spacial score (nSPS) is 27.0. The van der Waals surface area contributed by atoms with Gasteiger partial charge in [-0.2, -0.15) is 0 Å². The van der Waals surface area contributed by atoms with Gasteiger partial charge in [0.2, 0.25) is 0 Å². The molecule has 23 heavy (non-hydrogen) atoms. The third-order valence-corrected chi connectivity index (χ3v) is 8.42. The van der Waals surface area contributed by atoms with Crippen LogP contribution >= 0.6 is 0 Å². The van der Waals surface area contributed by atoms with E-state index in [-0.39, 0.29) is 0 Å². The number of unbranched alkanes of at least 4 members (excludes halogenated alkanes) is 7. The molecule has 0 bridgehead atoms. The molecule has 3 heteroatoms. The summed E-state index contributed by atoms with van der Waals surface area (Å²) in [6.45, 7) is 7.74. The number of epoxide rings is 1. The Labute approximate surface area is 145 Å². The molecule has 0 aromatic heterocycles. The Bertz CT molecular complexity index is 319. The zero-order valence-electron chi connectivity index (χ0n) is 15.9. The third kappa shape index (κ3) is 8.17. The smallest absolute Gasteiger partial charge is 0.186 e. The second kappa shape index (κ2) is 10.2. The molecule has 136 valence electrons. The molecule has 0 N–H and O–H groups in total. The van der Waals surface area contributed by atoms with Crippen molar-refractivity contribution in [3.63, 3.8) is 0 Å². The topological polar surface area (TPSA) is 21.8 Å². The van der Waals surface area contributed by atoms with Crippen molar-refractivity contribution >= 4 is 8.32 Å². The molecule has 2 rings (SSSR count). The molecule has 0 spiro atoms. The number of hydrogen-bond donors (Lipinski definition) is 0. The maximum absolute atomic E-state index is 5.89. The maximum atomic E-state index is 5.89. The highest BCUT2D eigenvalue weighted by molar-refractivity contribution is 6.71. The Morgan fingerprint density at radius 1 is 0.870 bits per heavy atom. The summed E-state index contributed by atoms with van der Waals surface area (Å²) in [5, 5.41) is 0. The molecule has 3 atom stereocenters. The Balaban J connectivity index is 1.32. The van der Waals surface area contributed by atoms with Crippen LogP contribution in [0.15, 0.2) is 0 Å². The van der Waals surface area contributed by atoms with E-state index in [2.05, 4.69) is 20.0 Å². The minimum absolute atomic E-state index is 0.671. The first-order chi connectivity index (χ1) is 11.1. The van der Waals surface area contributed by atoms with Crippen molar-refractivity contribution in [1.82, 2.24) is 0 Å². The largest absolute Gasteiger partial charge is 0.418 e. The molecule has 3 unspecified atom stereocenters. The number of rotatable bonds is 13. The average Bonchev–Trinajstić information content (AvgIpc) is 3.27. The van der Waals surface area contributed by atoms with Crippen LogP contribution in [0.5, 0.6) is 0 Å². The number of hydrogen-bond acceptors (Lipinski definition) is 2. The van der Waals surface area contributed by atoms with E-state index < -0.39 is 8.32 Å². The molecule has 1 heterocycles. The molecule has 1 saturated carbocycles. The molecular weight excluding hydrogens is 300 g/mol. The summed E-state index contributed by atoms with van der Waals surface area (Å²) in [7, 11) is -1.32. The van der Waals surface area contributed by atoms with Crippen LogP contribution in [-0.4, -0.2) is 27.1 Å². The van der Waals surface area contributed by atoms with Gasteiger partial charge in [0.25, 0.3) is 0 Å². The van der Waals surface area contributed by atoms with Crippen LogP contribution in [0.4, 0.5) is 0 Å². The van der Waals surface area contributed by atoms with Crippen molar-refractivity contribution in [1.29, 1.82) is 0 Å². The summed E-state index contributed by atoms with van der Waals surface area (Å²) in [6.07, 6.45) is 18.4. The predicted molar refractivity (Wildman–Crippen MR) is 101 cm³/mol. The molecule has 0 radical (unpaired) electrons. The molecule has 2 nitrogen and oxygen atoms in total. The fourth-order valence-electron chi connectivity index (χ4n) is 4.26. The zero-order valence-corrected chi connectivity index (χ0v) is 16.9. The summed E-state index contributed by atoms with van der Waals surface area (Å²) >= 11 is 0. The molecule has 1 aliphatic carbocycles. The van der Waals surface area contributed by atoms with Crippen molar-refractivity contribution < 1.29 is 9.16 Å². The van der Waals surface area contributed by atoms with Crippen LogP contribution in [-0.2, 0) is 9.16 Å². The van der Waals surface area contributed by atoms with Crippen molar-refractivity contribution in [2.45, 2.75) is 115 Å². The zero-order chi connectivity index (χ0) is 16.5. The van der Waals surface area contributed by atoms with Gasteiger partial charge in [-0.25, -0.2) is 0 Å². The highest BCUT2D eigenvalue weighted by Gasteiger charge is 2.43. The van der Waals surface area contributed by atoms with E-state index in [0.717, 1.165) is 12.5 Å². The highest BCUT2D eigenvalue weighted by Crippen LogP contribution is 2.41. The Morgan fingerprint density at radius 3 is 2.17 bits per heavy atom. The van der Waals surface area contributed by atoms with Crippen LogP contribution in [0.2, 0.25) is 19.1 Å². The van der Waals surface area contributed by atoms with Gasteiger partial charge in [0.1, 0.15) is 0 Å². The maximum Gasteiger partial charge on any atom is 0.186 e. The van der Waals surface area contributed by atoms with Gasteiger partial charge in [0.15, 0.2) is 8.32 Å². The SMILES string of the molecule is CCO[Si](C)(C)CCCCCCCCCCC1CCC2OC2C1. The lowest BCUT2D eigenvalue weighted by Gasteiger charge is -2.21. The van der Waals surface area contributed by atoms with Gasteiger partial charge >= 0.3 is 0 Å². The first-order valence-corrected chi connectivity index (χ1v) is 13.5.